The molecule has 0 bridgehead atoms. The molecule has 1 atom stereocenters. The largest absolute Gasteiger partial charge is 0.393 e. The zero-order valence-corrected chi connectivity index (χ0v) is 14.5. The molecule has 0 aliphatic carbocycles. The van der Waals surface area contributed by atoms with Gasteiger partial charge in [-0.25, -0.2) is 0 Å². The van der Waals surface area contributed by atoms with E-state index in [1.807, 2.05) is 6.92 Å². The predicted molar refractivity (Wildman–Crippen MR) is 91.6 cm³/mol. The van der Waals surface area contributed by atoms with Gasteiger partial charge in [-0.2, -0.15) is 0 Å². The summed E-state index contributed by atoms with van der Waals surface area (Å²) in [4.78, 5) is 11.4. The second-order valence-electron chi connectivity index (χ2n) is 6.47. The molecule has 0 saturated heterocycles. The van der Waals surface area contributed by atoms with Gasteiger partial charge in [-0.15, -0.1) is 0 Å². The van der Waals surface area contributed by atoms with E-state index in [9.17, 15) is 9.90 Å². The number of Topliss-reactive ketones (excluding diaryl/α,β-unsaturated/α-hetero) is 1. The minimum absolute atomic E-state index is 0.216. The summed E-state index contributed by atoms with van der Waals surface area (Å²) in [6.45, 7) is 4.27. The molecule has 126 valence electrons. The molecular weight excluding hydrogens is 260 g/mol. The zero-order chi connectivity index (χ0) is 15.8. The van der Waals surface area contributed by atoms with Crippen LogP contribution in [-0.4, -0.2) is 17.0 Å². The molecular formula is C19H38O2. The first-order valence-electron chi connectivity index (χ1n) is 9.40. The Balaban J connectivity index is 3.19. The summed E-state index contributed by atoms with van der Waals surface area (Å²) in [5, 5.41) is 9.77. The Kier molecular flexibility index (Phi) is 15.7. The highest BCUT2D eigenvalue weighted by Crippen LogP contribution is 2.13. The lowest BCUT2D eigenvalue weighted by atomic mass is 10.0. The van der Waals surface area contributed by atoms with E-state index in [4.69, 9.17) is 0 Å². The van der Waals surface area contributed by atoms with Crippen molar-refractivity contribution in [3.05, 3.63) is 0 Å². The van der Waals surface area contributed by atoms with E-state index in [2.05, 4.69) is 6.92 Å². The van der Waals surface area contributed by atoms with E-state index < -0.39 is 6.10 Å². The number of hydrogen-bond acceptors (Lipinski definition) is 2. The summed E-state index contributed by atoms with van der Waals surface area (Å²) in [5.41, 5.74) is 0. The quantitative estimate of drug-likeness (QED) is 0.365. The van der Waals surface area contributed by atoms with Gasteiger partial charge in [0.1, 0.15) is 5.78 Å². The van der Waals surface area contributed by atoms with E-state index in [0.29, 0.717) is 12.8 Å². The van der Waals surface area contributed by atoms with Gasteiger partial charge >= 0.3 is 0 Å². The highest BCUT2D eigenvalue weighted by atomic mass is 16.3. The third kappa shape index (κ3) is 15.8. The first kappa shape index (κ1) is 20.6. The van der Waals surface area contributed by atoms with Crippen molar-refractivity contribution in [2.75, 3.05) is 0 Å². The van der Waals surface area contributed by atoms with E-state index in [-0.39, 0.29) is 5.78 Å². The maximum Gasteiger partial charge on any atom is 0.135 e. The molecule has 0 heterocycles. The summed E-state index contributed by atoms with van der Waals surface area (Å²) in [7, 11) is 0. The van der Waals surface area contributed by atoms with Crippen molar-refractivity contribution in [1.29, 1.82) is 0 Å². The number of ketones is 1. The lowest BCUT2D eigenvalue weighted by molar-refractivity contribution is -0.121. The Bertz CT molecular complexity index is 226. The van der Waals surface area contributed by atoms with Crippen molar-refractivity contribution in [3.8, 4) is 0 Å². The zero-order valence-electron chi connectivity index (χ0n) is 14.5. The highest BCUT2D eigenvalue weighted by Gasteiger charge is 2.09. The van der Waals surface area contributed by atoms with Crippen LogP contribution in [-0.2, 0) is 4.79 Å². The van der Waals surface area contributed by atoms with Crippen LogP contribution in [0.2, 0.25) is 0 Å². The number of carbonyl (C=O) groups is 1. The topological polar surface area (TPSA) is 37.3 Å². The summed E-state index contributed by atoms with van der Waals surface area (Å²) < 4.78 is 0. The molecule has 2 heteroatoms. The van der Waals surface area contributed by atoms with Crippen LogP contribution in [0.5, 0.6) is 0 Å². The summed E-state index contributed by atoms with van der Waals surface area (Å²) >= 11 is 0. The molecule has 0 aliphatic rings. The maximum absolute atomic E-state index is 11.4. The van der Waals surface area contributed by atoms with Crippen molar-refractivity contribution in [3.63, 3.8) is 0 Å². The van der Waals surface area contributed by atoms with Gasteiger partial charge in [-0.3, -0.25) is 4.79 Å². The third-order valence-electron chi connectivity index (χ3n) is 4.13. The molecule has 0 saturated carbocycles. The Labute approximate surface area is 132 Å². The van der Waals surface area contributed by atoms with Gasteiger partial charge in [0.15, 0.2) is 0 Å². The standard InChI is InChI=1S/C19H38O2/c1-3-5-6-7-8-9-10-11-12-13-14-16-19(21)17-18(20)15-4-2/h19,21H,3-17H2,1-2H3. The first-order chi connectivity index (χ1) is 10.2. The normalized spacial score (nSPS) is 12.5. The number of unbranched alkanes of at least 4 members (excludes halogenated alkanes) is 10. The number of rotatable bonds is 16. The molecule has 21 heavy (non-hydrogen) atoms. The summed E-state index contributed by atoms with van der Waals surface area (Å²) in [6.07, 6.45) is 16.9. The van der Waals surface area contributed by atoms with E-state index in [1.165, 1.54) is 64.2 Å². The van der Waals surface area contributed by atoms with Crippen molar-refractivity contribution in [1.82, 2.24) is 0 Å². The second kappa shape index (κ2) is 16.0. The number of aliphatic hydroxyl groups is 1. The maximum atomic E-state index is 11.4. The first-order valence-corrected chi connectivity index (χ1v) is 9.40. The van der Waals surface area contributed by atoms with Crippen LogP contribution < -0.4 is 0 Å². The average Bonchev–Trinajstić information content (AvgIpc) is 2.45. The SMILES string of the molecule is CCCCCCCCCCCCCC(O)CC(=O)CCC. The minimum Gasteiger partial charge on any atom is -0.393 e. The molecule has 0 aromatic rings. The average molecular weight is 299 g/mol. The molecule has 0 aromatic heterocycles. The fourth-order valence-corrected chi connectivity index (χ4v) is 2.79. The van der Waals surface area contributed by atoms with Crippen LogP contribution >= 0.6 is 0 Å². The Morgan fingerprint density at radius 3 is 1.71 bits per heavy atom. The van der Waals surface area contributed by atoms with Gasteiger partial charge in [0.2, 0.25) is 0 Å². The van der Waals surface area contributed by atoms with Crippen molar-refractivity contribution in [2.24, 2.45) is 0 Å². The minimum atomic E-state index is -0.400. The van der Waals surface area contributed by atoms with Gasteiger partial charge in [0.05, 0.1) is 6.10 Å². The van der Waals surface area contributed by atoms with Crippen molar-refractivity contribution >= 4 is 5.78 Å². The molecule has 0 aromatic carbocycles. The van der Waals surface area contributed by atoms with Crippen LogP contribution in [0.4, 0.5) is 0 Å². The van der Waals surface area contributed by atoms with Gasteiger partial charge in [-0.1, -0.05) is 84.5 Å². The third-order valence-corrected chi connectivity index (χ3v) is 4.13. The van der Waals surface area contributed by atoms with Crippen LogP contribution in [0.1, 0.15) is 110 Å². The molecule has 0 aliphatic heterocycles. The van der Waals surface area contributed by atoms with Crippen LogP contribution in [0.3, 0.4) is 0 Å². The Morgan fingerprint density at radius 1 is 0.762 bits per heavy atom. The van der Waals surface area contributed by atoms with Gasteiger partial charge in [0, 0.05) is 12.8 Å². The van der Waals surface area contributed by atoms with Crippen molar-refractivity contribution < 1.29 is 9.90 Å². The molecule has 0 spiro atoms. The van der Waals surface area contributed by atoms with Gasteiger partial charge in [-0.05, 0) is 12.8 Å². The van der Waals surface area contributed by atoms with E-state index in [0.717, 1.165) is 19.3 Å². The Morgan fingerprint density at radius 2 is 1.24 bits per heavy atom. The van der Waals surface area contributed by atoms with Crippen LogP contribution in [0.25, 0.3) is 0 Å². The van der Waals surface area contributed by atoms with Crippen molar-refractivity contribution in [2.45, 2.75) is 116 Å². The van der Waals surface area contributed by atoms with Crippen LogP contribution in [0, 0.1) is 0 Å². The molecule has 0 amide bonds. The monoisotopic (exact) mass is 298 g/mol. The fraction of sp³-hybridized carbons (Fsp3) is 0.947. The van der Waals surface area contributed by atoms with E-state index >= 15 is 0 Å². The van der Waals surface area contributed by atoms with Gasteiger partial charge in [0.25, 0.3) is 0 Å². The lowest BCUT2D eigenvalue weighted by Crippen LogP contribution is -2.12. The van der Waals surface area contributed by atoms with E-state index in [1.54, 1.807) is 0 Å². The predicted octanol–water partition coefficient (Wildman–Crippen LogP) is 5.81. The number of carbonyl (C=O) groups excluding carboxylic acids is 1. The van der Waals surface area contributed by atoms with Gasteiger partial charge < -0.3 is 5.11 Å². The number of aliphatic hydroxyl groups excluding tert-OH is 1. The smallest absolute Gasteiger partial charge is 0.135 e. The number of hydrogen-bond donors (Lipinski definition) is 1. The summed E-state index contributed by atoms with van der Waals surface area (Å²) in [5.74, 6) is 0.216. The Hall–Kier alpha value is -0.370. The molecule has 1 unspecified atom stereocenters. The fourth-order valence-electron chi connectivity index (χ4n) is 2.79. The molecule has 1 N–H and O–H groups in total. The summed E-state index contributed by atoms with van der Waals surface area (Å²) in [6, 6.07) is 0. The highest BCUT2D eigenvalue weighted by molar-refractivity contribution is 5.78. The second-order valence-corrected chi connectivity index (χ2v) is 6.47. The molecule has 0 fully saturated rings. The molecule has 0 radical (unpaired) electrons. The molecule has 2 nitrogen and oxygen atoms in total. The molecule has 0 rings (SSSR count). The van der Waals surface area contributed by atoms with Crippen LogP contribution in [0.15, 0.2) is 0 Å². The lowest BCUT2D eigenvalue weighted by Gasteiger charge is -2.09.